The Morgan fingerprint density at radius 3 is 2.54 bits per heavy atom. The summed E-state index contributed by atoms with van der Waals surface area (Å²) >= 11 is 0. The molecule has 0 spiro atoms. The third kappa shape index (κ3) is 5.68. The second kappa shape index (κ2) is 9.61. The molecule has 0 saturated heterocycles. The minimum Gasteiger partial charge on any atom is -0.382 e. The molecule has 0 aliphatic heterocycles. The van der Waals surface area contributed by atoms with Crippen LogP contribution >= 0.6 is 0 Å². The third-order valence-electron chi connectivity index (χ3n) is 5.06. The van der Waals surface area contributed by atoms with Crippen molar-refractivity contribution in [3.8, 4) is 0 Å². The Morgan fingerprint density at radius 2 is 1.89 bits per heavy atom. The van der Waals surface area contributed by atoms with Gasteiger partial charge in [-0.25, -0.2) is 19.9 Å². The number of hydrogen-bond acceptors (Lipinski definition) is 9. The topological polar surface area (TPSA) is 160 Å². The summed E-state index contributed by atoms with van der Waals surface area (Å²) in [6, 6.07) is 0. The number of carbonyl (C=O) groups excluding carboxylic acids is 2. The molecule has 1 saturated carbocycles. The van der Waals surface area contributed by atoms with Gasteiger partial charge in [-0.1, -0.05) is 0 Å². The maximum absolute atomic E-state index is 13.2. The first-order valence-corrected chi connectivity index (χ1v) is 10.4. The van der Waals surface area contributed by atoms with E-state index in [-0.39, 0.29) is 28.8 Å². The van der Waals surface area contributed by atoms with Crippen molar-refractivity contribution < 1.29 is 27.9 Å². The van der Waals surface area contributed by atoms with Crippen LogP contribution in [0.1, 0.15) is 45.4 Å². The highest BCUT2D eigenvalue weighted by atomic mass is 19.4. The summed E-state index contributed by atoms with van der Waals surface area (Å²) in [7, 11) is 1.38. The molecule has 4 rings (SSSR count). The fourth-order valence-corrected chi connectivity index (χ4v) is 3.10. The number of rotatable bonds is 8. The predicted molar refractivity (Wildman–Crippen MR) is 115 cm³/mol. The van der Waals surface area contributed by atoms with Crippen LogP contribution in [0.3, 0.4) is 0 Å². The van der Waals surface area contributed by atoms with Crippen LogP contribution in [0, 0.1) is 0 Å². The number of hydrogen-bond donors (Lipinski definition) is 4. The second-order valence-electron chi connectivity index (χ2n) is 7.77. The van der Waals surface area contributed by atoms with Gasteiger partial charge in [0, 0.05) is 13.0 Å². The summed E-state index contributed by atoms with van der Waals surface area (Å²) in [6.45, 7) is -1.07. The molecule has 3 heterocycles. The van der Waals surface area contributed by atoms with E-state index >= 15 is 0 Å². The number of nitrogens with zero attached hydrogens (tertiary/aromatic N) is 6. The Labute approximate surface area is 196 Å². The Morgan fingerprint density at radius 1 is 1.17 bits per heavy atom. The number of carbonyl (C=O) groups is 2. The van der Waals surface area contributed by atoms with Gasteiger partial charge in [0.1, 0.15) is 12.0 Å². The highest BCUT2D eigenvalue weighted by molar-refractivity contribution is 6.09. The van der Waals surface area contributed by atoms with Crippen LogP contribution in [0.2, 0.25) is 0 Å². The summed E-state index contributed by atoms with van der Waals surface area (Å²) in [4.78, 5) is 42.2. The van der Waals surface area contributed by atoms with Gasteiger partial charge in [-0.15, -0.1) is 0 Å². The molecule has 1 aliphatic rings. The monoisotopic (exact) mass is 491 g/mol. The van der Waals surface area contributed by atoms with E-state index < -0.39 is 30.6 Å². The van der Waals surface area contributed by atoms with E-state index in [4.69, 9.17) is 5.11 Å². The maximum atomic E-state index is 13.2. The van der Waals surface area contributed by atoms with Gasteiger partial charge in [0.25, 0.3) is 11.8 Å². The highest BCUT2D eigenvalue weighted by Gasteiger charge is 2.38. The lowest BCUT2D eigenvalue weighted by atomic mass is 10.2. The van der Waals surface area contributed by atoms with Crippen LogP contribution in [0.25, 0.3) is 0 Å². The molecule has 3 aromatic heterocycles. The Hall–Kier alpha value is -4.14. The van der Waals surface area contributed by atoms with Crippen LogP contribution in [-0.4, -0.2) is 65.5 Å². The van der Waals surface area contributed by atoms with Crippen molar-refractivity contribution in [1.82, 2.24) is 35.0 Å². The minimum atomic E-state index is -4.89. The summed E-state index contributed by atoms with van der Waals surface area (Å²) < 4.78 is 38.7. The third-order valence-corrected chi connectivity index (χ3v) is 5.06. The first kappa shape index (κ1) is 24.0. The van der Waals surface area contributed by atoms with Gasteiger partial charge in [-0.05, 0) is 12.8 Å². The summed E-state index contributed by atoms with van der Waals surface area (Å²) in [5.41, 5.74) is 0.741. The minimum absolute atomic E-state index is 0.0656. The molecule has 1 unspecified atom stereocenters. The molecular weight excluding hydrogens is 471 g/mol. The molecule has 0 radical (unpaired) electrons. The molecule has 3 aromatic rings. The van der Waals surface area contributed by atoms with Gasteiger partial charge < -0.3 is 21.1 Å². The second-order valence-corrected chi connectivity index (χ2v) is 7.77. The van der Waals surface area contributed by atoms with Gasteiger partial charge >= 0.3 is 6.18 Å². The SMILES string of the molecule is Cn1ncc(NC(=O)c2nc(C3CC3)cnc2Nc2cncnc2)c1C(=O)NCC(O)C(F)(F)F. The number of nitrogens with one attached hydrogen (secondary N) is 3. The fraction of sp³-hybridized carbons (Fsp3) is 0.350. The predicted octanol–water partition coefficient (Wildman–Crippen LogP) is 1.53. The van der Waals surface area contributed by atoms with E-state index in [0.29, 0.717) is 11.4 Å². The van der Waals surface area contributed by atoms with Crippen LogP contribution < -0.4 is 16.0 Å². The molecule has 0 bridgehead atoms. The van der Waals surface area contributed by atoms with Crippen molar-refractivity contribution in [2.45, 2.75) is 31.0 Å². The molecule has 2 amide bonds. The van der Waals surface area contributed by atoms with E-state index in [1.54, 1.807) is 6.20 Å². The zero-order valence-corrected chi connectivity index (χ0v) is 18.2. The number of aliphatic hydroxyl groups is 1. The van der Waals surface area contributed by atoms with E-state index in [0.717, 1.165) is 17.5 Å². The van der Waals surface area contributed by atoms with Crippen molar-refractivity contribution in [1.29, 1.82) is 0 Å². The molecule has 4 N–H and O–H groups in total. The largest absolute Gasteiger partial charge is 0.416 e. The number of alkyl halides is 3. The molecule has 184 valence electrons. The summed E-state index contributed by atoms with van der Waals surface area (Å²) in [5.74, 6) is -1.38. The molecular formula is C20H20F3N9O3. The Bertz CT molecular complexity index is 1230. The van der Waals surface area contributed by atoms with Crippen molar-refractivity contribution in [3.63, 3.8) is 0 Å². The average Bonchev–Trinajstić information content (AvgIpc) is 3.61. The molecule has 1 fully saturated rings. The van der Waals surface area contributed by atoms with Gasteiger partial charge in [0.05, 0.1) is 48.4 Å². The lowest BCUT2D eigenvalue weighted by Crippen LogP contribution is -2.41. The quantitative estimate of drug-likeness (QED) is 0.366. The van der Waals surface area contributed by atoms with Crippen molar-refractivity contribution in [2.24, 2.45) is 7.05 Å². The Kier molecular flexibility index (Phi) is 6.59. The number of aryl methyl sites for hydroxylation is 1. The number of aromatic nitrogens is 6. The van der Waals surface area contributed by atoms with Gasteiger partial charge in [-0.3, -0.25) is 14.3 Å². The van der Waals surface area contributed by atoms with E-state index in [1.807, 2.05) is 5.32 Å². The average molecular weight is 491 g/mol. The number of amides is 2. The van der Waals surface area contributed by atoms with Crippen molar-refractivity contribution in [2.75, 3.05) is 17.2 Å². The van der Waals surface area contributed by atoms with Crippen molar-refractivity contribution in [3.05, 3.63) is 48.2 Å². The maximum Gasteiger partial charge on any atom is 0.416 e. The molecule has 1 aliphatic carbocycles. The number of aliphatic hydroxyl groups excluding tert-OH is 1. The van der Waals surface area contributed by atoms with Crippen LogP contribution in [0.5, 0.6) is 0 Å². The van der Waals surface area contributed by atoms with Gasteiger partial charge in [0.2, 0.25) is 0 Å². The smallest absolute Gasteiger partial charge is 0.382 e. The van der Waals surface area contributed by atoms with Gasteiger partial charge in [0.15, 0.2) is 17.6 Å². The first-order valence-electron chi connectivity index (χ1n) is 10.4. The molecule has 0 aromatic carbocycles. The van der Waals surface area contributed by atoms with Crippen LogP contribution in [0.15, 0.2) is 31.1 Å². The van der Waals surface area contributed by atoms with Crippen LogP contribution in [-0.2, 0) is 7.05 Å². The molecule has 12 nitrogen and oxygen atoms in total. The fourth-order valence-electron chi connectivity index (χ4n) is 3.10. The van der Waals surface area contributed by atoms with E-state index in [9.17, 15) is 22.8 Å². The standard InChI is InChI=1S/C20H20F3N9O3/c1-32-16(19(35)27-8-14(33)20(21,22)23)13(7-28-32)31-18(34)15-17(29-11-4-24-9-25-5-11)26-6-12(30-15)10-2-3-10/h4-7,9-10,14,33H,2-3,8H2,1H3,(H,26,29)(H,27,35)(H,31,34). The Balaban J connectivity index is 1.56. The summed E-state index contributed by atoms with van der Waals surface area (Å²) in [6.07, 6.45) is 1.23. The number of anilines is 3. The normalized spacial score (nSPS) is 14.3. The zero-order valence-electron chi connectivity index (χ0n) is 18.2. The number of halogens is 3. The van der Waals surface area contributed by atoms with Gasteiger partial charge in [-0.2, -0.15) is 18.3 Å². The highest BCUT2D eigenvalue weighted by Crippen LogP contribution is 2.39. The summed E-state index contributed by atoms with van der Waals surface area (Å²) in [5, 5.41) is 20.4. The lowest BCUT2D eigenvalue weighted by Gasteiger charge is -2.15. The molecule has 15 heteroatoms. The lowest BCUT2D eigenvalue weighted by molar-refractivity contribution is -0.201. The van der Waals surface area contributed by atoms with E-state index in [2.05, 4.69) is 35.7 Å². The molecule has 1 atom stereocenters. The van der Waals surface area contributed by atoms with Crippen molar-refractivity contribution >= 4 is 29.0 Å². The first-order chi connectivity index (χ1) is 16.6. The van der Waals surface area contributed by atoms with Crippen LogP contribution in [0.4, 0.5) is 30.4 Å². The zero-order chi connectivity index (χ0) is 25.2. The van der Waals surface area contributed by atoms with E-state index in [1.165, 1.54) is 32.0 Å². The molecule has 35 heavy (non-hydrogen) atoms.